The van der Waals surface area contributed by atoms with Crippen LogP contribution in [0.3, 0.4) is 0 Å². The Hall–Kier alpha value is -4.36. The number of para-hydroxylation sites is 1. The van der Waals surface area contributed by atoms with Gasteiger partial charge in [0, 0.05) is 16.5 Å². The van der Waals surface area contributed by atoms with E-state index in [1.165, 1.54) is 66.4 Å². The number of benzene rings is 6. The maximum Gasteiger partial charge on any atom is 0.0543 e. The van der Waals surface area contributed by atoms with E-state index in [0.717, 1.165) is 6.42 Å². The van der Waals surface area contributed by atoms with Crippen LogP contribution >= 0.6 is 0 Å². The summed E-state index contributed by atoms with van der Waals surface area (Å²) in [6.45, 7) is 2.25. The van der Waals surface area contributed by atoms with E-state index in [9.17, 15) is 0 Å². The topological polar surface area (TPSA) is 3.24 Å². The molecule has 0 amide bonds. The van der Waals surface area contributed by atoms with Crippen molar-refractivity contribution in [1.82, 2.24) is 0 Å². The fourth-order valence-corrected chi connectivity index (χ4v) is 5.83. The third kappa shape index (κ3) is 3.09. The molecule has 1 aliphatic rings. The van der Waals surface area contributed by atoms with Gasteiger partial charge in [-0.15, -0.1) is 0 Å². The minimum atomic E-state index is 0.973. The molecule has 0 saturated carbocycles. The highest BCUT2D eigenvalue weighted by Crippen LogP contribution is 2.49. The van der Waals surface area contributed by atoms with Crippen molar-refractivity contribution in [2.45, 2.75) is 13.3 Å². The number of hydrogen-bond acceptors (Lipinski definition) is 1. The van der Waals surface area contributed by atoms with Gasteiger partial charge < -0.3 is 4.90 Å². The molecule has 0 N–H and O–H groups in total. The standard InChI is InChI=1S/C34H25N/c1-23-11-9-19-30-32(22-26-21-25-13-6-8-18-29(25)34(26)33(23)30)35(27-15-3-2-4-16-27)31-20-10-14-24-12-5-7-17-28(24)31/h2-20,22H,21H2,1H3. The Morgan fingerprint density at radius 3 is 2.20 bits per heavy atom. The fraction of sp³-hybridized carbons (Fsp3) is 0.0588. The van der Waals surface area contributed by atoms with Gasteiger partial charge in [-0.25, -0.2) is 0 Å². The van der Waals surface area contributed by atoms with Crippen LogP contribution in [0.15, 0.2) is 121 Å². The van der Waals surface area contributed by atoms with Crippen molar-refractivity contribution >= 4 is 38.6 Å². The van der Waals surface area contributed by atoms with Crippen LogP contribution in [-0.2, 0) is 6.42 Å². The average molecular weight is 448 g/mol. The minimum Gasteiger partial charge on any atom is -0.309 e. The van der Waals surface area contributed by atoms with Gasteiger partial charge in [0.05, 0.1) is 11.4 Å². The number of anilines is 3. The van der Waals surface area contributed by atoms with Crippen LogP contribution in [-0.4, -0.2) is 0 Å². The van der Waals surface area contributed by atoms with Crippen LogP contribution in [0.4, 0.5) is 17.1 Å². The second-order valence-corrected chi connectivity index (χ2v) is 9.43. The summed E-state index contributed by atoms with van der Waals surface area (Å²) in [4.78, 5) is 2.45. The Morgan fingerprint density at radius 1 is 0.571 bits per heavy atom. The molecule has 0 heterocycles. The number of rotatable bonds is 3. The number of nitrogens with zero attached hydrogens (tertiary/aromatic N) is 1. The van der Waals surface area contributed by atoms with Gasteiger partial charge >= 0.3 is 0 Å². The zero-order valence-corrected chi connectivity index (χ0v) is 19.7. The molecule has 0 bridgehead atoms. The van der Waals surface area contributed by atoms with Crippen LogP contribution in [0.1, 0.15) is 16.7 Å². The van der Waals surface area contributed by atoms with Crippen molar-refractivity contribution in [3.05, 3.63) is 138 Å². The summed E-state index contributed by atoms with van der Waals surface area (Å²) in [6, 6.07) is 44.1. The van der Waals surface area contributed by atoms with Gasteiger partial charge in [0.1, 0.15) is 0 Å². The lowest BCUT2D eigenvalue weighted by molar-refractivity contribution is 1.24. The van der Waals surface area contributed by atoms with E-state index in [1.807, 2.05) is 0 Å². The van der Waals surface area contributed by atoms with Gasteiger partial charge in [0.25, 0.3) is 0 Å². The lowest BCUT2D eigenvalue weighted by Gasteiger charge is -2.29. The molecule has 6 aromatic carbocycles. The number of hydrogen-bond donors (Lipinski definition) is 0. The SMILES string of the molecule is Cc1cccc2c(N(c3ccccc3)c3cccc4ccccc34)cc3c(c12)-c1ccccc1C3. The molecule has 0 atom stereocenters. The highest BCUT2D eigenvalue weighted by atomic mass is 15.1. The number of fused-ring (bicyclic) bond motifs is 6. The van der Waals surface area contributed by atoms with Crippen molar-refractivity contribution in [2.24, 2.45) is 0 Å². The zero-order chi connectivity index (χ0) is 23.4. The second kappa shape index (κ2) is 7.85. The molecule has 35 heavy (non-hydrogen) atoms. The Labute approximate surface area is 205 Å². The van der Waals surface area contributed by atoms with E-state index in [2.05, 4.69) is 133 Å². The molecular formula is C34H25N. The van der Waals surface area contributed by atoms with Crippen molar-refractivity contribution in [3.63, 3.8) is 0 Å². The quantitative estimate of drug-likeness (QED) is 0.261. The second-order valence-electron chi connectivity index (χ2n) is 9.43. The van der Waals surface area contributed by atoms with E-state index in [-0.39, 0.29) is 0 Å². The molecule has 0 aromatic heterocycles. The molecule has 0 unspecified atom stereocenters. The lowest BCUT2D eigenvalue weighted by atomic mass is 9.92. The van der Waals surface area contributed by atoms with Crippen LogP contribution < -0.4 is 4.90 Å². The summed E-state index contributed by atoms with van der Waals surface area (Å²) in [5.74, 6) is 0. The van der Waals surface area contributed by atoms with Crippen molar-refractivity contribution in [2.75, 3.05) is 4.90 Å². The minimum absolute atomic E-state index is 0.973. The van der Waals surface area contributed by atoms with Crippen LogP contribution in [0.2, 0.25) is 0 Å². The molecule has 6 aromatic rings. The third-order valence-electron chi connectivity index (χ3n) is 7.36. The molecule has 166 valence electrons. The van der Waals surface area contributed by atoms with Crippen LogP contribution in [0.5, 0.6) is 0 Å². The van der Waals surface area contributed by atoms with Crippen LogP contribution in [0, 0.1) is 6.92 Å². The normalized spacial score (nSPS) is 12.0. The van der Waals surface area contributed by atoms with Crippen molar-refractivity contribution < 1.29 is 0 Å². The summed E-state index contributed by atoms with van der Waals surface area (Å²) in [5, 5.41) is 5.16. The summed E-state index contributed by atoms with van der Waals surface area (Å²) in [6.07, 6.45) is 0.973. The van der Waals surface area contributed by atoms with Gasteiger partial charge in [-0.2, -0.15) is 0 Å². The van der Waals surface area contributed by atoms with E-state index in [0.29, 0.717) is 0 Å². The number of aryl methyl sites for hydroxylation is 1. The predicted molar refractivity (Wildman–Crippen MR) is 149 cm³/mol. The molecule has 0 saturated heterocycles. The largest absolute Gasteiger partial charge is 0.309 e. The smallest absolute Gasteiger partial charge is 0.0543 e. The van der Waals surface area contributed by atoms with E-state index >= 15 is 0 Å². The van der Waals surface area contributed by atoms with Crippen molar-refractivity contribution in [1.29, 1.82) is 0 Å². The molecule has 7 rings (SSSR count). The van der Waals surface area contributed by atoms with Gasteiger partial charge in [0.2, 0.25) is 0 Å². The van der Waals surface area contributed by atoms with Gasteiger partial charge in [-0.3, -0.25) is 0 Å². The average Bonchev–Trinajstić information content (AvgIpc) is 3.28. The molecule has 1 heteroatoms. The Morgan fingerprint density at radius 2 is 1.29 bits per heavy atom. The third-order valence-corrected chi connectivity index (χ3v) is 7.36. The van der Waals surface area contributed by atoms with E-state index < -0.39 is 0 Å². The first-order chi connectivity index (χ1) is 17.3. The van der Waals surface area contributed by atoms with E-state index in [1.54, 1.807) is 0 Å². The Balaban J connectivity index is 1.59. The Kier molecular flexibility index (Phi) is 4.50. The summed E-state index contributed by atoms with van der Waals surface area (Å²) < 4.78 is 0. The monoisotopic (exact) mass is 447 g/mol. The first-order valence-corrected chi connectivity index (χ1v) is 12.3. The molecule has 0 radical (unpaired) electrons. The molecule has 0 fully saturated rings. The first kappa shape index (κ1) is 20.1. The highest BCUT2D eigenvalue weighted by Gasteiger charge is 2.26. The zero-order valence-electron chi connectivity index (χ0n) is 19.7. The maximum absolute atomic E-state index is 2.45. The highest BCUT2D eigenvalue weighted by molar-refractivity contribution is 6.12. The maximum atomic E-state index is 2.45. The molecular weight excluding hydrogens is 422 g/mol. The summed E-state index contributed by atoms with van der Waals surface area (Å²) >= 11 is 0. The first-order valence-electron chi connectivity index (χ1n) is 12.3. The molecule has 0 spiro atoms. The molecule has 0 aliphatic heterocycles. The van der Waals surface area contributed by atoms with Crippen LogP contribution in [0.25, 0.3) is 32.7 Å². The fourth-order valence-electron chi connectivity index (χ4n) is 5.83. The van der Waals surface area contributed by atoms with E-state index in [4.69, 9.17) is 0 Å². The van der Waals surface area contributed by atoms with Gasteiger partial charge in [-0.05, 0) is 76.2 Å². The summed E-state index contributed by atoms with van der Waals surface area (Å²) in [7, 11) is 0. The van der Waals surface area contributed by atoms with Gasteiger partial charge in [-0.1, -0.05) is 97.1 Å². The van der Waals surface area contributed by atoms with Gasteiger partial charge in [0.15, 0.2) is 0 Å². The molecule has 1 aliphatic carbocycles. The predicted octanol–water partition coefficient (Wildman–Crippen LogP) is 9.34. The van der Waals surface area contributed by atoms with Crippen molar-refractivity contribution in [3.8, 4) is 11.1 Å². The Bertz CT molecular complexity index is 1720. The lowest BCUT2D eigenvalue weighted by Crippen LogP contribution is -2.11. The summed E-state index contributed by atoms with van der Waals surface area (Å²) in [5.41, 5.74) is 10.5. The molecule has 1 nitrogen and oxygen atoms in total.